The number of hydrogen-bond acceptors (Lipinski definition) is 9. The number of carbonyl (C=O) groups is 1. The lowest BCUT2D eigenvalue weighted by atomic mass is 9.83. The molecule has 1 saturated carbocycles. The van der Waals surface area contributed by atoms with Gasteiger partial charge in [-0.05, 0) is 43.0 Å². The quantitative estimate of drug-likeness (QED) is 0.211. The summed E-state index contributed by atoms with van der Waals surface area (Å²) in [6.07, 6.45) is 5.58. The van der Waals surface area contributed by atoms with E-state index in [9.17, 15) is 19.0 Å². The average Bonchev–Trinajstić information content (AvgIpc) is 3.32. The van der Waals surface area contributed by atoms with Gasteiger partial charge in [-0.15, -0.1) is 22.1 Å². The first kappa shape index (κ1) is 28.7. The Bertz CT molecular complexity index is 1340. The number of thiophene rings is 1. The van der Waals surface area contributed by atoms with E-state index in [-0.39, 0.29) is 23.2 Å². The third kappa shape index (κ3) is 5.54. The lowest BCUT2D eigenvalue weighted by Crippen LogP contribution is -2.45. The summed E-state index contributed by atoms with van der Waals surface area (Å²) >= 11 is 1.03. The number of fused-ring (bicyclic) bond motifs is 1. The monoisotopic (exact) mass is 587 g/mol. The molecule has 1 unspecified atom stereocenters. The van der Waals surface area contributed by atoms with E-state index in [1.54, 1.807) is 30.6 Å². The van der Waals surface area contributed by atoms with Crippen LogP contribution in [0.25, 0.3) is 10.4 Å². The largest absolute Gasteiger partial charge is 0.490 e. The maximum Gasteiger partial charge on any atom is 0.348 e. The van der Waals surface area contributed by atoms with Crippen molar-refractivity contribution in [3.63, 3.8) is 0 Å². The molecule has 5 rings (SSSR count). The van der Waals surface area contributed by atoms with Crippen LogP contribution in [-0.4, -0.2) is 64.4 Å². The smallest absolute Gasteiger partial charge is 0.348 e. The van der Waals surface area contributed by atoms with Crippen molar-refractivity contribution in [2.45, 2.75) is 43.0 Å². The predicted octanol–water partition coefficient (Wildman–Crippen LogP) is 6.78. The van der Waals surface area contributed by atoms with Gasteiger partial charge in [-0.1, -0.05) is 37.5 Å². The molecule has 2 heterocycles. The molecule has 40 heavy (non-hydrogen) atoms. The Labute approximate surface area is 240 Å². The minimum absolute atomic E-state index is 0.0276. The highest BCUT2D eigenvalue weighted by atomic mass is 32.3. The molecule has 11 heteroatoms. The maximum absolute atomic E-state index is 11.9. The molecule has 1 aliphatic carbocycles. The van der Waals surface area contributed by atoms with Crippen LogP contribution in [0.5, 0.6) is 5.75 Å². The van der Waals surface area contributed by atoms with Crippen LogP contribution in [0.4, 0.5) is 17.1 Å². The van der Waals surface area contributed by atoms with Crippen molar-refractivity contribution in [1.29, 1.82) is 0 Å². The third-order valence-corrected chi connectivity index (χ3v) is 11.1. The maximum atomic E-state index is 11.9. The van der Waals surface area contributed by atoms with Gasteiger partial charge in [0.2, 0.25) is 0 Å². The lowest BCUT2D eigenvalue weighted by Gasteiger charge is -2.46. The number of anilines is 3. The lowest BCUT2D eigenvalue weighted by molar-refractivity contribution is 0.0703. The van der Waals surface area contributed by atoms with Crippen molar-refractivity contribution in [2.24, 2.45) is 5.92 Å². The summed E-state index contributed by atoms with van der Waals surface area (Å²) < 4.78 is 37.0. The molecule has 0 amide bonds. The first-order valence-electron chi connectivity index (χ1n) is 13.5. The molecule has 0 bridgehead atoms. The van der Waals surface area contributed by atoms with Crippen molar-refractivity contribution >= 4 is 45.1 Å². The predicted molar refractivity (Wildman–Crippen MR) is 161 cm³/mol. The zero-order valence-electron chi connectivity index (χ0n) is 22.8. The number of ether oxygens (including phenoxy) is 2. The SMILES string of the molecule is COCCOc1cc2c(cc1-c1cc(N)c(C(=O)O)s1)S(O)(O)N(C)C(C1CCCCC1)CN2c1ccccc1. The fourth-order valence-electron chi connectivity index (χ4n) is 5.79. The molecule has 9 nitrogen and oxygen atoms in total. The molecule has 3 aromatic rings. The topological polar surface area (TPSA) is 129 Å². The Kier molecular flexibility index (Phi) is 8.60. The number of hydrogen-bond donors (Lipinski definition) is 4. The van der Waals surface area contributed by atoms with Gasteiger partial charge in [0.25, 0.3) is 0 Å². The number of para-hydroxylation sites is 1. The second-order valence-electron chi connectivity index (χ2n) is 10.3. The van der Waals surface area contributed by atoms with E-state index in [1.165, 1.54) is 6.42 Å². The fraction of sp³-hybridized carbons (Fsp3) is 0.414. The number of nitrogens with two attached hydrogens (primary N) is 1. The Morgan fingerprint density at radius 2 is 1.82 bits per heavy atom. The Morgan fingerprint density at radius 3 is 2.48 bits per heavy atom. The second kappa shape index (κ2) is 12.0. The molecule has 5 N–H and O–H groups in total. The first-order chi connectivity index (χ1) is 19.2. The van der Waals surface area contributed by atoms with Gasteiger partial charge in [0.15, 0.2) is 0 Å². The van der Waals surface area contributed by atoms with E-state index in [2.05, 4.69) is 4.90 Å². The minimum Gasteiger partial charge on any atom is -0.490 e. The van der Waals surface area contributed by atoms with E-state index < -0.39 is 16.7 Å². The molecule has 1 aromatic heterocycles. The van der Waals surface area contributed by atoms with Crippen LogP contribution in [0.3, 0.4) is 0 Å². The summed E-state index contributed by atoms with van der Waals surface area (Å²) in [6.45, 7) is 1.20. The molecule has 1 fully saturated rings. The van der Waals surface area contributed by atoms with Crippen LogP contribution >= 0.6 is 22.1 Å². The van der Waals surface area contributed by atoms with Crippen molar-refractivity contribution in [1.82, 2.24) is 4.31 Å². The van der Waals surface area contributed by atoms with Gasteiger partial charge in [-0.25, -0.2) is 4.79 Å². The fourth-order valence-corrected chi connectivity index (χ4v) is 8.38. The zero-order valence-corrected chi connectivity index (χ0v) is 24.4. The average molecular weight is 588 g/mol. The summed E-state index contributed by atoms with van der Waals surface area (Å²) in [6, 6.07) is 15.1. The van der Waals surface area contributed by atoms with Crippen LogP contribution < -0.4 is 15.4 Å². The van der Waals surface area contributed by atoms with Crippen molar-refractivity contribution < 1.29 is 28.5 Å². The van der Waals surface area contributed by atoms with Crippen molar-refractivity contribution in [2.75, 3.05) is 44.5 Å². The first-order valence-corrected chi connectivity index (χ1v) is 15.8. The standard InChI is InChI=1S/C29H37N3O6S2/c1-31-24(19-9-5-3-6-10-19)18-32(20-11-7-4-8-12-20)23-17-25(38-14-13-37-2)21(15-27(23)40(31,35)36)26-16-22(30)28(39-26)29(33)34/h4,7-8,11-12,15-17,19,24,35-36H,3,5-6,9-10,13-14,18,30H2,1-2H3,(H,33,34). The zero-order chi connectivity index (χ0) is 28.4. The summed E-state index contributed by atoms with van der Waals surface area (Å²) in [5.41, 5.74) is 8.34. The van der Waals surface area contributed by atoms with Gasteiger partial charge in [0.05, 0.1) is 22.9 Å². The second-order valence-corrected chi connectivity index (χ2v) is 13.4. The number of nitrogen functional groups attached to an aromatic ring is 1. The molecular formula is C29H37N3O6S2. The van der Waals surface area contributed by atoms with Crippen LogP contribution in [0.2, 0.25) is 0 Å². The molecule has 1 aliphatic heterocycles. The summed E-state index contributed by atoms with van der Waals surface area (Å²) in [4.78, 5) is 14.9. The van der Waals surface area contributed by atoms with E-state index in [0.29, 0.717) is 45.8 Å². The normalized spacial score (nSPS) is 20.5. The molecular weight excluding hydrogens is 550 g/mol. The van der Waals surface area contributed by atoms with E-state index in [0.717, 1.165) is 42.7 Å². The highest BCUT2D eigenvalue weighted by Crippen LogP contribution is 2.61. The van der Waals surface area contributed by atoms with Gasteiger partial charge in [-0.2, -0.15) is 4.31 Å². The molecule has 0 spiro atoms. The van der Waals surface area contributed by atoms with Gasteiger partial charge < -0.3 is 25.2 Å². The Balaban J connectivity index is 1.71. The van der Waals surface area contributed by atoms with E-state index in [1.807, 2.05) is 36.4 Å². The molecule has 2 aromatic carbocycles. The van der Waals surface area contributed by atoms with Gasteiger partial charge in [-0.3, -0.25) is 9.11 Å². The van der Waals surface area contributed by atoms with Crippen LogP contribution in [0.1, 0.15) is 41.8 Å². The van der Waals surface area contributed by atoms with Crippen molar-refractivity contribution in [3.8, 4) is 16.2 Å². The van der Waals surface area contributed by atoms with Gasteiger partial charge >= 0.3 is 5.97 Å². The molecule has 0 radical (unpaired) electrons. The van der Waals surface area contributed by atoms with E-state index in [4.69, 9.17) is 15.2 Å². The molecule has 216 valence electrons. The van der Waals surface area contributed by atoms with Crippen LogP contribution in [0, 0.1) is 5.92 Å². The number of likely N-dealkylation sites (N-methyl/N-ethyl adjacent to an activating group) is 1. The summed E-state index contributed by atoms with van der Waals surface area (Å²) in [5.74, 6) is -0.290. The number of aromatic carboxylic acids is 1. The van der Waals surface area contributed by atoms with Crippen LogP contribution in [0.15, 0.2) is 53.4 Å². The van der Waals surface area contributed by atoms with Crippen molar-refractivity contribution in [3.05, 3.63) is 53.4 Å². The number of rotatable bonds is 8. The number of benzene rings is 2. The van der Waals surface area contributed by atoms with E-state index >= 15 is 0 Å². The van der Waals surface area contributed by atoms with Gasteiger partial charge in [0.1, 0.15) is 17.2 Å². The molecule has 0 saturated heterocycles. The number of nitrogens with zero attached hydrogens (tertiary/aromatic N) is 2. The Morgan fingerprint density at radius 1 is 1.10 bits per heavy atom. The number of carboxylic acid groups (broad SMARTS) is 1. The molecule has 2 aliphatic rings. The number of methoxy groups -OCH3 is 1. The molecule has 1 atom stereocenters. The summed E-state index contributed by atoms with van der Waals surface area (Å²) in [7, 11) is -0.0222. The van der Waals surface area contributed by atoms with Crippen LogP contribution in [-0.2, 0) is 4.74 Å². The number of carboxylic acids is 1. The van der Waals surface area contributed by atoms with Gasteiger partial charge in [0, 0.05) is 48.9 Å². The Hall–Kier alpha value is -2.80. The highest BCUT2D eigenvalue weighted by Gasteiger charge is 2.41. The highest BCUT2D eigenvalue weighted by molar-refractivity contribution is 8.22. The minimum atomic E-state index is -3.42. The summed E-state index contributed by atoms with van der Waals surface area (Å²) in [5, 5.41) is 9.62. The third-order valence-electron chi connectivity index (χ3n) is 7.91.